The summed E-state index contributed by atoms with van der Waals surface area (Å²) >= 11 is 0. The average Bonchev–Trinajstić information content (AvgIpc) is 3.14. The van der Waals surface area contributed by atoms with E-state index < -0.39 is 0 Å². The van der Waals surface area contributed by atoms with E-state index in [0.717, 1.165) is 50.9 Å². The summed E-state index contributed by atoms with van der Waals surface area (Å²) in [6, 6.07) is 2.44. The molecule has 0 saturated carbocycles. The number of hydrogen-bond donors (Lipinski definition) is 1. The van der Waals surface area contributed by atoms with Crippen molar-refractivity contribution in [2.45, 2.75) is 26.3 Å². The second-order valence-electron chi connectivity index (χ2n) is 6.54. The number of ether oxygens (including phenoxy) is 1. The van der Waals surface area contributed by atoms with Crippen LogP contribution in [0.1, 0.15) is 20.3 Å². The topological polar surface area (TPSA) is 68.1 Å². The van der Waals surface area contributed by atoms with Crippen LogP contribution >= 0.6 is 0 Å². The van der Waals surface area contributed by atoms with Gasteiger partial charge in [0.25, 0.3) is 0 Å². The van der Waals surface area contributed by atoms with Crippen molar-refractivity contribution in [3.63, 3.8) is 0 Å². The maximum atomic E-state index is 5.48. The fourth-order valence-electron chi connectivity index (χ4n) is 3.05. The van der Waals surface area contributed by atoms with E-state index in [9.17, 15) is 0 Å². The van der Waals surface area contributed by atoms with Crippen molar-refractivity contribution in [2.75, 3.05) is 38.2 Å². The van der Waals surface area contributed by atoms with E-state index in [-0.39, 0.29) is 0 Å². The lowest BCUT2D eigenvalue weighted by Gasteiger charge is -2.35. The van der Waals surface area contributed by atoms with Gasteiger partial charge in [0, 0.05) is 44.1 Å². The minimum absolute atomic E-state index is 0.487. The molecule has 3 rings (SSSR count). The first-order valence-electron chi connectivity index (χ1n) is 8.58. The summed E-state index contributed by atoms with van der Waals surface area (Å²) in [5, 5.41) is 3.48. The van der Waals surface area contributed by atoms with Crippen molar-refractivity contribution in [3.8, 4) is 5.82 Å². The Bertz CT molecular complexity index is 609. The third-order valence-corrected chi connectivity index (χ3v) is 4.25. The lowest BCUT2D eigenvalue weighted by atomic mass is 10.0. The van der Waals surface area contributed by atoms with E-state index in [2.05, 4.69) is 39.0 Å². The molecule has 0 aliphatic carbocycles. The molecule has 0 radical (unpaired) electrons. The Morgan fingerprint density at radius 3 is 2.79 bits per heavy atom. The molecule has 1 saturated heterocycles. The molecular weight excluding hydrogens is 304 g/mol. The van der Waals surface area contributed by atoms with Gasteiger partial charge in [0.05, 0.1) is 13.2 Å². The first-order chi connectivity index (χ1) is 11.7. The van der Waals surface area contributed by atoms with Gasteiger partial charge in [-0.1, -0.05) is 13.8 Å². The number of nitrogens with zero attached hydrogens (tertiary/aromatic N) is 5. The van der Waals surface area contributed by atoms with Gasteiger partial charge in [0.2, 0.25) is 0 Å². The molecule has 24 heavy (non-hydrogen) atoms. The van der Waals surface area contributed by atoms with Crippen LogP contribution in [0.4, 0.5) is 5.82 Å². The maximum absolute atomic E-state index is 5.48. The number of imidazole rings is 1. The van der Waals surface area contributed by atoms with Gasteiger partial charge in [0.15, 0.2) is 0 Å². The molecule has 7 heteroatoms. The summed E-state index contributed by atoms with van der Waals surface area (Å²) in [7, 11) is 0. The Labute approximate surface area is 143 Å². The van der Waals surface area contributed by atoms with Crippen molar-refractivity contribution in [1.82, 2.24) is 24.4 Å². The Balaban J connectivity index is 1.64. The van der Waals surface area contributed by atoms with Crippen LogP contribution in [-0.4, -0.2) is 63.3 Å². The van der Waals surface area contributed by atoms with E-state index >= 15 is 0 Å². The van der Waals surface area contributed by atoms with Crippen molar-refractivity contribution in [2.24, 2.45) is 5.92 Å². The van der Waals surface area contributed by atoms with Crippen LogP contribution in [-0.2, 0) is 4.74 Å². The molecule has 1 atom stereocenters. The summed E-state index contributed by atoms with van der Waals surface area (Å²) in [6.07, 6.45) is 8.10. The van der Waals surface area contributed by atoms with Crippen molar-refractivity contribution in [3.05, 3.63) is 31.1 Å². The SMILES string of the molecule is CC(C)C[C@@H](CNc1cc(-n2ccnc2)ncn1)N1CCOCC1. The minimum atomic E-state index is 0.487. The molecule has 0 spiro atoms. The molecule has 2 aromatic rings. The van der Waals surface area contributed by atoms with Crippen LogP contribution in [0.5, 0.6) is 0 Å². The summed E-state index contributed by atoms with van der Waals surface area (Å²) < 4.78 is 7.36. The quantitative estimate of drug-likeness (QED) is 0.835. The first-order valence-corrected chi connectivity index (χ1v) is 8.58. The molecule has 3 heterocycles. The first kappa shape index (κ1) is 16.9. The van der Waals surface area contributed by atoms with Crippen molar-refractivity contribution >= 4 is 5.82 Å². The lowest BCUT2D eigenvalue weighted by Crippen LogP contribution is -2.47. The van der Waals surface area contributed by atoms with Crippen LogP contribution in [0.25, 0.3) is 5.82 Å². The molecule has 2 aromatic heterocycles. The number of hydrogen-bond acceptors (Lipinski definition) is 6. The number of anilines is 1. The fraction of sp³-hybridized carbons (Fsp3) is 0.588. The van der Waals surface area contributed by atoms with Crippen molar-refractivity contribution < 1.29 is 4.74 Å². The van der Waals surface area contributed by atoms with E-state index in [1.54, 1.807) is 18.9 Å². The van der Waals surface area contributed by atoms with Gasteiger partial charge in [-0.25, -0.2) is 15.0 Å². The Hall–Kier alpha value is -1.99. The minimum Gasteiger partial charge on any atom is -0.379 e. The number of nitrogens with one attached hydrogen (secondary N) is 1. The van der Waals surface area contributed by atoms with Crippen molar-refractivity contribution in [1.29, 1.82) is 0 Å². The summed E-state index contributed by atoms with van der Waals surface area (Å²) in [5.74, 6) is 2.32. The zero-order valence-corrected chi connectivity index (χ0v) is 14.4. The van der Waals surface area contributed by atoms with E-state index in [4.69, 9.17) is 4.74 Å². The van der Waals surface area contributed by atoms with Gasteiger partial charge in [-0.05, 0) is 12.3 Å². The van der Waals surface area contributed by atoms with Crippen LogP contribution in [0.15, 0.2) is 31.1 Å². The molecule has 0 amide bonds. The van der Waals surface area contributed by atoms with E-state index in [1.807, 2.05) is 16.8 Å². The summed E-state index contributed by atoms with van der Waals surface area (Å²) in [4.78, 5) is 15.2. The smallest absolute Gasteiger partial charge is 0.143 e. The average molecular weight is 330 g/mol. The van der Waals surface area contributed by atoms with Gasteiger partial charge < -0.3 is 10.1 Å². The molecule has 1 fully saturated rings. The lowest BCUT2D eigenvalue weighted by molar-refractivity contribution is 0.0150. The number of morpholine rings is 1. The summed E-state index contributed by atoms with van der Waals surface area (Å²) in [5.41, 5.74) is 0. The van der Waals surface area contributed by atoms with Crippen LogP contribution in [0, 0.1) is 5.92 Å². The standard InChI is InChI=1S/C17H26N6O/c1-14(2)9-15(22-5-7-24-8-6-22)11-19-16-10-17(21-12-20-16)23-4-3-18-13-23/h3-4,10,12-15H,5-9,11H2,1-2H3,(H,19,20,21)/t15-/m0/s1. The molecule has 0 aromatic carbocycles. The normalized spacial score (nSPS) is 17.1. The van der Waals surface area contributed by atoms with Crippen LogP contribution < -0.4 is 5.32 Å². The second-order valence-corrected chi connectivity index (χ2v) is 6.54. The zero-order valence-electron chi connectivity index (χ0n) is 14.4. The van der Waals surface area contributed by atoms with E-state index in [1.165, 1.54) is 0 Å². The van der Waals surface area contributed by atoms with Gasteiger partial charge in [-0.15, -0.1) is 0 Å². The van der Waals surface area contributed by atoms with Gasteiger partial charge in [-0.2, -0.15) is 0 Å². The predicted molar refractivity (Wildman–Crippen MR) is 93.3 cm³/mol. The third kappa shape index (κ3) is 4.52. The highest BCUT2D eigenvalue weighted by atomic mass is 16.5. The maximum Gasteiger partial charge on any atom is 0.143 e. The third-order valence-electron chi connectivity index (χ3n) is 4.25. The molecule has 7 nitrogen and oxygen atoms in total. The van der Waals surface area contributed by atoms with Gasteiger partial charge in [-0.3, -0.25) is 9.47 Å². The van der Waals surface area contributed by atoms with Crippen LogP contribution in [0.2, 0.25) is 0 Å². The zero-order chi connectivity index (χ0) is 16.8. The predicted octanol–water partition coefficient (Wildman–Crippen LogP) is 1.82. The molecule has 130 valence electrons. The molecule has 1 N–H and O–H groups in total. The fourth-order valence-corrected chi connectivity index (χ4v) is 3.05. The largest absolute Gasteiger partial charge is 0.379 e. The molecular formula is C17H26N6O. The van der Waals surface area contributed by atoms with Gasteiger partial charge >= 0.3 is 0 Å². The monoisotopic (exact) mass is 330 g/mol. The highest BCUT2D eigenvalue weighted by Crippen LogP contribution is 2.15. The molecule has 1 aliphatic heterocycles. The molecule has 0 unspecified atom stereocenters. The highest BCUT2D eigenvalue weighted by molar-refractivity contribution is 5.40. The molecule has 0 bridgehead atoms. The Kier molecular flexibility index (Phi) is 5.77. The van der Waals surface area contributed by atoms with Gasteiger partial charge in [0.1, 0.15) is 24.3 Å². The molecule has 1 aliphatic rings. The van der Waals surface area contributed by atoms with Crippen LogP contribution in [0.3, 0.4) is 0 Å². The Morgan fingerprint density at radius 1 is 1.25 bits per heavy atom. The number of rotatable bonds is 7. The number of aromatic nitrogens is 4. The van der Waals surface area contributed by atoms with E-state index in [0.29, 0.717) is 12.0 Å². The second kappa shape index (κ2) is 8.21. The summed E-state index contributed by atoms with van der Waals surface area (Å²) in [6.45, 7) is 9.08. The highest BCUT2D eigenvalue weighted by Gasteiger charge is 2.21. The Morgan fingerprint density at radius 2 is 2.08 bits per heavy atom.